The number of aliphatic hydroxyl groups is 4. The highest BCUT2D eigenvalue weighted by molar-refractivity contribution is 6.03. The van der Waals surface area contributed by atoms with Gasteiger partial charge in [-0.2, -0.15) is 0 Å². The van der Waals surface area contributed by atoms with Crippen molar-refractivity contribution in [1.82, 2.24) is 0 Å². The standard InChI is InChI=1S/C37H46FNO6/c1-23-8-12-26(13-9-23)31(41)21-20-30-34(39(37(30)44)29-18-16-28(38)17-19-29)27-14-10-25(11-15-27)6-4-3-5-7-32-24(2)35(42)36(43)33(22-40)45-32/h8-19,24,30-36,40-43H,3-7,20-22H2,1-2H3/t24-,30+,31-,32-,33+,34+,35+,36+/m0/s1. The van der Waals surface area contributed by atoms with Crippen LogP contribution in [-0.4, -0.2) is 57.4 Å². The molecule has 8 heteroatoms. The van der Waals surface area contributed by atoms with Crippen molar-refractivity contribution in [3.8, 4) is 0 Å². The number of carbonyl (C=O) groups is 1. The minimum absolute atomic E-state index is 0.0182. The van der Waals surface area contributed by atoms with Gasteiger partial charge in [0.1, 0.15) is 18.0 Å². The second-order valence-electron chi connectivity index (χ2n) is 12.8. The average Bonchev–Trinajstić information content (AvgIpc) is 3.04. The van der Waals surface area contributed by atoms with Crippen molar-refractivity contribution in [2.24, 2.45) is 11.8 Å². The number of β-lactam (4-membered cyclic amide) rings is 1. The number of hydrogen-bond acceptors (Lipinski definition) is 6. The lowest BCUT2D eigenvalue weighted by molar-refractivity contribution is -0.206. The first-order valence-corrected chi connectivity index (χ1v) is 16.2. The summed E-state index contributed by atoms with van der Waals surface area (Å²) in [7, 11) is 0. The molecule has 2 aliphatic heterocycles. The van der Waals surface area contributed by atoms with E-state index in [1.165, 1.54) is 17.7 Å². The molecule has 3 aromatic carbocycles. The number of ether oxygens (including phenoxy) is 1. The van der Waals surface area contributed by atoms with Crippen LogP contribution in [0.1, 0.15) is 79.8 Å². The molecular weight excluding hydrogens is 573 g/mol. The number of amides is 1. The van der Waals surface area contributed by atoms with E-state index in [9.17, 15) is 29.6 Å². The van der Waals surface area contributed by atoms with E-state index in [0.717, 1.165) is 48.8 Å². The number of carbonyl (C=O) groups excluding carboxylic acids is 1. The Morgan fingerprint density at radius 2 is 1.56 bits per heavy atom. The minimum Gasteiger partial charge on any atom is -0.394 e. The van der Waals surface area contributed by atoms with E-state index in [0.29, 0.717) is 18.5 Å². The summed E-state index contributed by atoms with van der Waals surface area (Å²) in [5.41, 5.74) is 4.84. The van der Waals surface area contributed by atoms with Crippen LogP contribution >= 0.6 is 0 Å². The van der Waals surface area contributed by atoms with Crippen molar-refractivity contribution in [3.05, 3.63) is 101 Å². The van der Waals surface area contributed by atoms with Gasteiger partial charge in [0.15, 0.2) is 0 Å². The number of unbranched alkanes of at least 4 members (excludes halogenated alkanes) is 2. The molecule has 0 saturated carbocycles. The third-order valence-electron chi connectivity index (χ3n) is 9.69. The van der Waals surface area contributed by atoms with Crippen LogP contribution in [0.2, 0.25) is 0 Å². The van der Waals surface area contributed by atoms with E-state index in [4.69, 9.17) is 4.74 Å². The normalized spacial score (nSPS) is 27.3. The Hall–Kier alpha value is -3.14. The lowest BCUT2D eigenvalue weighted by atomic mass is 9.78. The maximum atomic E-state index is 13.7. The molecule has 45 heavy (non-hydrogen) atoms. The summed E-state index contributed by atoms with van der Waals surface area (Å²) in [5.74, 6) is -0.847. The Bertz CT molecular complexity index is 1380. The Labute approximate surface area is 265 Å². The van der Waals surface area contributed by atoms with Crippen LogP contribution < -0.4 is 4.90 Å². The predicted molar refractivity (Wildman–Crippen MR) is 171 cm³/mol. The molecule has 2 fully saturated rings. The summed E-state index contributed by atoms with van der Waals surface area (Å²) in [6, 6.07) is 22.0. The molecule has 8 atom stereocenters. The van der Waals surface area contributed by atoms with Crippen LogP contribution in [0.5, 0.6) is 0 Å². The van der Waals surface area contributed by atoms with Gasteiger partial charge in [-0.15, -0.1) is 0 Å². The molecule has 242 valence electrons. The number of benzene rings is 3. The zero-order chi connectivity index (χ0) is 32.1. The molecule has 0 radical (unpaired) electrons. The number of hydrogen-bond donors (Lipinski definition) is 4. The third-order valence-corrected chi connectivity index (χ3v) is 9.69. The summed E-state index contributed by atoms with van der Waals surface area (Å²) in [6.45, 7) is 3.56. The van der Waals surface area contributed by atoms with Crippen molar-refractivity contribution in [1.29, 1.82) is 0 Å². The lowest BCUT2D eigenvalue weighted by Gasteiger charge is -2.48. The fourth-order valence-electron chi connectivity index (χ4n) is 6.79. The topological polar surface area (TPSA) is 110 Å². The zero-order valence-corrected chi connectivity index (χ0v) is 26.1. The second kappa shape index (κ2) is 15.0. The fraction of sp³-hybridized carbons (Fsp3) is 0.486. The van der Waals surface area contributed by atoms with Crippen LogP contribution in [0.25, 0.3) is 0 Å². The average molecular weight is 620 g/mol. The monoisotopic (exact) mass is 619 g/mol. The molecule has 4 N–H and O–H groups in total. The van der Waals surface area contributed by atoms with Crippen LogP contribution in [0.15, 0.2) is 72.8 Å². The van der Waals surface area contributed by atoms with Crippen molar-refractivity contribution in [2.75, 3.05) is 11.5 Å². The largest absolute Gasteiger partial charge is 0.394 e. The molecule has 3 aromatic rings. The van der Waals surface area contributed by atoms with Crippen molar-refractivity contribution < 1.29 is 34.3 Å². The van der Waals surface area contributed by atoms with Crippen molar-refractivity contribution in [3.63, 3.8) is 0 Å². The Morgan fingerprint density at radius 1 is 0.867 bits per heavy atom. The molecule has 2 saturated heterocycles. The molecule has 5 rings (SSSR count). The SMILES string of the molecule is Cc1ccc([C@@H](O)CC[C@H]2C(=O)N(c3ccc(F)cc3)[C@@H]2c2ccc(CCCCC[C@@H]3O[C@H](CO)[C@@H](O)[C@H](O)[C@H]3C)cc2)cc1. The van der Waals surface area contributed by atoms with Gasteiger partial charge in [-0.3, -0.25) is 4.79 Å². The fourth-order valence-corrected chi connectivity index (χ4v) is 6.79. The quantitative estimate of drug-likeness (QED) is 0.147. The van der Waals surface area contributed by atoms with Gasteiger partial charge >= 0.3 is 0 Å². The highest BCUT2D eigenvalue weighted by atomic mass is 19.1. The van der Waals surface area contributed by atoms with Gasteiger partial charge in [-0.05, 0) is 80.0 Å². The van der Waals surface area contributed by atoms with Gasteiger partial charge in [0, 0.05) is 11.6 Å². The maximum absolute atomic E-state index is 13.7. The van der Waals surface area contributed by atoms with Crippen molar-refractivity contribution in [2.45, 2.75) is 95.4 Å². The highest BCUT2D eigenvalue weighted by Crippen LogP contribution is 2.46. The molecule has 0 spiro atoms. The van der Waals surface area contributed by atoms with Crippen molar-refractivity contribution >= 4 is 11.6 Å². The molecule has 2 heterocycles. The number of aryl methyl sites for hydroxylation is 2. The van der Waals surface area contributed by atoms with Gasteiger partial charge in [0.2, 0.25) is 5.91 Å². The summed E-state index contributed by atoms with van der Waals surface area (Å²) in [4.78, 5) is 15.1. The molecule has 0 aromatic heterocycles. The smallest absolute Gasteiger partial charge is 0.233 e. The first kappa shape index (κ1) is 33.2. The molecular formula is C37H46FNO6. The summed E-state index contributed by atoms with van der Waals surface area (Å²) < 4.78 is 19.5. The minimum atomic E-state index is -1.06. The van der Waals surface area contributed by atoms with E-state index in [2.05, 4.69) is 24.3 Å². The lowest BCUT2D eigenvalue weighted by Crippen LogP contribution is -2.55. The van der Waals surface area contributed by atoms with E-state index < -0.39 is 24.4 Å². The summed E-state index contributed by atoms with van der Waals surface area (Å²) in [6.07, 6.45) is 2.00. The van der Waals surface area contributed by atoms with Crippen LogP contribution in [0.4, 0.5) is 10.1 Å². The number of halogens is 1. The number of anilines is 1. The Balaban J connectivity index is 1.18. The Morgan fingerprint density at radius 3 is 2.22 bits per heavy atom. The van der Waals surface area contributed by atoms with Crippen LogP contribution in [0, 0.1) is 24.6 Å². The molecule has 1 amide bonds. The van der Waals surface area contributed by atoms with Gasteiger partial charge in [-0.25, -0.2) is 4.39 Å². The van der Waals surface area contributed by atoms with E-state index in [1.54, 1.807) is 17.0 Å². The third kappa shape index (κ3) is 7.64. The summed E-state index contributed by atoms with van der Waals surface area (Å²) in [5, 5.41) is 40.6. The molecule has 0 aliphatic carbocycles. The van der Waals surface area contributed by atoms with E-state index in [1.807, 2.05) is 38.1 Å². The highest BCUT2D eigenvalue weighted by Gasteiger charge is 2.48. The maximum Gasteiger partial charge on any atom is 0.233 e. The molecule has 2 aliphatic rings. The second-order valence-corrected chi connectivity index (χ2v) is 12.8. The molecule has 0 bridgehead atoms. The first-order valence-electron chi connectivity index (χ1n) is 16.2. The van der Waals surface area contributed by atoms with Crippen LogP contribution in [-0.2, 0) is 16.0 Å². The predicted octanol–water partition coefficient (Wildman–Crippen LogP) is 5.57. The van der Waals surface area contributed by atoms with Gasteiger partial charge < -0.3 is 30.1 Å². The number of nitrogens with zero attached hydrogens (tertiary/aromatic N) is 1. The number of rotatable bonds is 13. The van der Waals surface area contributed by atoms with Crippen LogP contribution in [0.3, 0.4) is 0 Å². The Kier molecular flexibility index (Phi) is 11.1. The van der Waals surface area contributed by atoms with Gasteiger partial charge in [0.05, 0.1) is 36.9 Å². The molecule has 7 nitrogen and oxygen atoms in total. The van der Waals surface area contributed by atoms with E-state index in [-0.39, 0.29) is 42.3 Å². The molecule has 0 unspecified atom stereocenters. The number of aliphatic hydroxyl groups excluding tert-OH is 4. The van der Waals surface area contributed by atoms with E-state index >= 15 is 0 Å². The van der Waals surface area contributed by atoms with Gasteiger partial charge in [-0.1, -0.05) is 73.9 Å². The van der Waals surface area contributed by atoms with Gasteiger partial charge in [0.25, 0.3) is 0 Å². The summed E-state index contributed by atoms with van der Waals surface area (Å²) >= 11 is 0. The first-order chi connectivity index (χ1) is 21.7. The zero-order valence-electron chi connectivity index (χ0n) is 26.1.